The average molecular weight is 281 g/mol. The molecule has 0 aromatic rings. The monoisotopic (exact) mass is 281 g/mol. The lowest BCUT2D eigenvalue weighted by molar-refractivity contribution is -0.157. The topological polar surface area (TPSA) is 74.7 Å². The van der Waals surface area contributed by atoms with E-state index in [2.05, 4.69) is 0 Å². The van der Waals surface area contributed by atoms with Crippen LogP contribution in [0, 0.1) is 11.3 Å². The van der Waals surface area contributed by atoms with Gasteiger partial charge in [0.15, 0.2) is 0 Å². The van der Waals surface area contributed by atoms with Crippen LogP contribution >= 0.6 is 0 Å². The van der Waals surface area contributed by atoms with Crippen molar-refractivity contribution < 1.29 is 19.5 Å². The fourth-order valence-electron chi connectivity index (χ4n) is 3.59. The Bertz CT molecular complexity index is 422. The highest BCUT2D eigenvalue weighted by Crippen LogP contribution is 2.45. The van der Waals surface area contributed by atoms with Crippen molar-refractivity contribution in [1.29, 1.82) is 0 Å². The first-order valence-corrected chi connectivity index (χ1v) is 7.48. The van der Waals surface area contributed by atoms with E-state index in [4.69, 9.17) is 0 Å². The highest BCUT2D eigenvalue weighted by molar-refractivity contribution is 6.08. The number of carbonyl (C=O) groups excluding carboxylic acids is 2. The van der Waals surface area contributed by atoms with E-state index in [-0.39, 0.29) is 24.2 Å². The maximum atomic E-state index is 12.7. The zero-order valence-electron chi connectivity index (χ0n) is 12.2. The average Bonchev–Trinajstić information content (AvgIpc) is 2.56. The number of rotatable bonds is 3. The molecule has 1 aliphatic heterocycles. The smallest absolute Gasteiger partial charge is 0.327 e. The van der Waals surface area contributed by atoms with E-state index >= 15 is 0 Å². The van der Waals surface area contributed by atoms with Crippen LogP contribution in [0.5, 0.6) is 0 Å². The molecule has 1 unspecified atom stereocenters. The van der Waals surface area contributed by atoms with Crippen molar-refractivity contribution in [3.05, 3.63) is 0 Å². The molecule has 1 saturated heterocycles. The molecule has 2 amide bonds. The Morgan fingerprint density at radius 3 is 2.15 bits per heavy atom. The third-order valence-electron chi connectivity index (χ3n) is 4.65. The first kappa shape index (κ1) is 15.0. The van der Waals surface area contributed by atoms with Crippen LogP contribution in [-0.2, 0) is 14.4 Å². The second-order valence-corrected chi connectivity index (χ2v) is 6.47. The van der Waals surface area contributed by atoms with Gasteiger partial charge in [-0.3, -0.25) is 14.5 Å². The van der Waals surface area contributed by atoms with Crippen molar-refractivity contribution in [2.45, 2.75) is 64.8 Å². The third-order valence-corrected chi connectivity index (χ3v) is 4.65. The summed E-state index contributed by atoms with van der Waals surface area (Å²) >= 11 is 0. The van der Waals surface area contributed by atoms with Crippen molar-refractivity contribution in [2.24, 2.45) is 11.3 Å². The Balaban J connectivity index is 2.30. The minimum atomic E-state index is -1.09. The van der Waals surface area contributed by atoms with E-state index < -0.39 is 17.4 Å². The van der Waals surface area contributed by atoms with Gasteiger partial charge in [-0.05, 0) is 18.8 Å². The number of amides is 2. The molecule has 1 spiro atoms. The van der Waals surface area contributed by atoms with Crippen LogP contribution in [0.2, 0.25) is 0 Å². The molecule has 1 N–H and O–H groups in total. The summed E-state index contributed by atoms with van der Waals surface area (Å²) in [4.78, 5) is 37.5. The highest BCUT2D eigenvalue weighted by atomic mass is 16.4. The molecule has 1 heterocycles. The summed E-state index contributed by atoms with van der Waals surface area (Å²) in [6.45, 7) is 3.47. The molecule has 20 heavy (non-hydrogen) atoms. The molecule has 5 nitrogen and oxygen atoms in total. The van der Waals surface area contributed by atoms with Gasteiger partial charge >= 0.3 is 5.97 Å². The fraction of sp³-hybridized carbons (Fsp3) is 0.800. The summed E-state index contributed by atoms with van der Waals surface area (Å²) in [5.41, 5.74) is -0.615. The van der Waals surface area contributed by atoms with Gasteiger partial charge in [-0.25, -0.2) is 4.79 Å². The van der Waals surface area contributed by atoms with Crippen molar-refractivity contribution in [1.82, 2.24) is 4.90 Å². The summed E-state index contributed by atoms with van der Waals surface area (Å²) in [6.07, 6.45) is 5.73. The molecule has 0 radical (unpaired) electrons. The Morgan fingerprint density at radius 1 is 1.15 bits per heavy atom. The van der Waals surface area contributed by atoms with E-state index in [1.807, 2.05) is 0 Å². The van der Waals surface area contributed by atoms with E-state index in [0.717, 1.165) is 43.4 Å². The summed E-state index contributed by atoms with van der Waals surface area (Å²) in [6, 6.07) is -1.03. The SMILES string of the molecule is CC(C)C(C(=O)O)N1C(=O)CC2(CCCCCC2)C1=O. The Kier molecular flexibility index (Phi) is 4.16. The number of likely N-dealkylation sites (tertiary alicyclic amines) is 1. The first-order chi connectivity index (χ1) is 9.39. The van der Waals surface area contributed by atoms with Crippen LogP contribution in [0.4, 0.5) is 0 Å². The van der Waals surface area contributed by atoms with Crippen LogP contribution in [0.1, 0.15) is 58.8 Å². The number of imide groups is 1. The van der Waals surface area contributed by atoms with Gasteiger partial charge < -0.3 is 5.11 Å². The van der Waals surface area contributed by atoms with Gasteiger partial charge in [-0.1, -0.05) is 39.5 Å². The molecule has 0 aromatic carbocycles. The van der Waals surface area contributed by atoms with Crippen LogP contribution in [-0.4, -0.2) is 33.8 Å². The summed E-state index contributed by atoms with van der Waals surface area (Å²) in [5, 5.41) is 9.34. The maximum absolute atomic E-state index is 12.7. The molecule has 1 saturated carbocycles. The molecule has 2 rings (SSSR count). The number of carbonyl (C=O) groups is 3. The van der Waals surface area contributed by atoms with Gasteiger partial charge in [0.05, 0.1) is 5.41 Å². The van der Waals surface area contributed by atoms with E-state index in [1.54, 1.807) is 13.8 Å². The normalized spacial score (nSPS) is 24.2. The first-order valence-electron chi connectivity index (χ1n) is 7.48. The summed E-state index contributed by atoms with van der Waals surface area (Å²) < 4.78 is 0. The molecule has 0 aromatic heterocycles. The molecule has 1 aliphatic carbocycles. The van der Waals surface area contributed by atoms with E-state index in [9.17, 15) is 19.5 Å². The molecule has 5 heteroatoms. The Morgan fingerprint density at radius 2 is 1.70 bits per heavy atom. The molecular weight excluding hydrogens is 258 g/mol. The number of nitrogens with zero attached hydrogens (tertiary/aromatic N) is 1. The van der Waals surface area contributed by atoms with Gasteiger partial charge in [-0.15, -0.1) is 0 Å². The minimum absolute atomic E-state index is 0.197. The lowest BCUT2D eigenvalue weighted by Gasteiger charge is -2.29. The van der Waals surface area contributed by atoms with Crippen LogP contribution in [0.15, 0.2) is 0 Å². The van der Waals surface area contributed by atoms with E-state index in [1.165, 1.54) is 0 Å². The number of aliphatic carboxylic acids is 1. The van der Waals surface area contributed by atoms with Gasteiger partial charge in [0.1, 0.15) is 6.04 Å². The Labute approximate surface area is 119 Å². The molecule has 112 valence electrons. The zero-order chi connectivity index (χ0) is 14.9. The van der Waals surface area contributed by atoms with Crippen molar-refractivity contribution in [3.8, 4) is 0 Å². The van der Waals surface area contributed by atoms with Gasteiger partial charge in [0.25, 0.3) is 0 Å². The second-order valence-electron chi connectivity index (χ2n) is 6.47. The zero-order valence-corrected chi connectivity index (χ0v) is 12.2. The van der Waals surface area contributed by atoms with Crippen LogP contribution in [0.25, 0.3) is 0 Å². The molecule has 1 atom stereocenters. The highest BCUT2D eigenvalue weighted by Gasteiger charge is 2.54. The van der Waals surface area contributed by atoms with Crippen molar-refractivity contribution >= 4 is 17.8 Å². The third kappa shape index (κ3) is 2.45. The van der Waals surface area contributed by atoms with Gasteiger partial charge in [0.2, 0.25) is 11.8 Å². The molecule has 2 fully saturated rings. The molecule has 2 aliphatic rings. The van der Waals surface area contributed by atoms with Gasteiger partial charge in [0, 0.05) is 6.42 Å². The maximum Gasteiger partial charge on any atom is 0.327 e. The predicted molar refractivity (Wildman–Crippen MR) is 72.9 cm³/mol. The quantitative estimate of drug-likeness (QED) is 0.805. The summed E-state index contributed by atoms with van der Waals surface area (Å²) in [5.74, 6) is -1.92. The number of hydrogen-bond acceptors (Lipinski definition) is 3. The Hall–Kier alpha value is -1.39. The number of carboxylic acids is 1. The van der Waals surface area contributed by atoms with E-state index in [0.29, 0.717) is 0 Å². The lowest BCUT2D eigenvalue weighted by Crippen LogP contribution is -2.49. The largest absolute Gasteiger partial charge is 0.480 e. The second kappa shape index (κ2) is 5.54. The van der Waals surface area contributed by atoms with Crippen molar-refractivity contribution in [2.75, 3.05) is 0 Å². The predicted octanol–water partition coefficient (Wildman–Crippen LogP) is 2.20. The standard InChI is InChI=1S/C15H23NO4/c1-10(2)12(13(18)19)16-11(17)9-15(14(16)20)7-5-3-4-6-8-15/h10,12H,3-9H2,1-2H3,(H,18,19). The van der Waals surface area contributed by atoms with Crippen LogP contribution in [0.3, 0.4) is 0 Å². The number of hydrogen-bond donors (Lipinski definition) is 1. The lowest BCUT2D eigenvalue weighted by atomic mass is 9.79. The van der Waals surface area contributed by atoms with Crippen LogP contribution < -0.4 is 0 Å². The van der Waals surface area contributed by atoms with Gasteiger partial charge in [-0.2, -0.15) is 0 Å². The molecule has 0 bridgehead atoms. The minimum Gasteiger partial charge on any atom is -0.480 e. The fourth-order valence-corrected chi connectivity index (χ4v) is 3.59. The molecular formula is C15H23NO4. The number of carboxylic acid groups (broad SMARTS) is 1. The van der Waals surface area contributed by atoms with Crippen molar-refractivity contribution in [3.63, 3.8) is 0 Å². The summed E-state index contributed by atoms with van der Waals surface area (Å²) in [7, 11) is 0.